The number of hydrogen-bond donors (Lipinski definition) is 0. The second kappa shape index (κ2) is 52.8. The van der Waals surface area contributed by atoms with Crippen LogP contribution in [0.3, 0.4) is 0 Å². The highest BCUT2D eigenvalue weighted by Gasteiger charge is 2.19. The molecule has 372 valence electrons. The third-order valence-electron chi connectivity index (χ3n) is 12.8. The van der Waals surface area contributed by atoms with Crippen molar-refractivity contribution in [2.75, 3.05) is 13.2 Å². The Hall–Kier alpha value is -1.85. The van der Waals surface area contributed by atoms with Crippen LogP contribution in [0.15, 0.2) is 12.2 Å². The van der Waals surface area contributed by atoms with E-state index in [1.807, 2.05) is 6.08 Å². The minimum absolute atomic E-state index is 0.0852. The number of carbonyl (C=O) groups is 3. The Labute approximate surface area is 392 Å². The zero-order chi connectivity index (χ0) is 45.8. The summed E-state index contributed by atoms with van der Waals surface area (Å²) < 4.78 is 16.8. The molecule has 0 aliphatic carbocycles. The SMILES string of the molecule is CCCCCCCCCCCCCCCC=CC(=O)OCC(COC(=O)CCCCCCCCCCCCCCCCC)OC(=O)CCCCCCCCCCCCCCCCC. The third-order valence-corrected chi connectivity index (χ3v) is 12.8. The summed E-state index contributed by atoms with van der Waals surface area (Å²) in [7, 11) is 0. The van der Waals surface area contributed by atoms with Crippen LogP contribution in [0.4, 0.5) is 0 Å². The van der Waals surface area contributed by atoms with Crippen molar-refractivity contribution < 1.29 is 28.6 Å². The Morgan fingerprint density at radius 3 is 0.937 bits per heavy atom. The lowest BCUT2D eigenvalue weighted by molar-refractivity contribution is -0.165. The number of unbranched alkanes of at least 4 members (excludes halogenated alkanes) is 41. The van der Waals surface area contributed by atoms with Crippen molar-refractivity contribution in [1.82, 2.24) is 0 Å². The minimum Gasteiger partial charge on any atom is -0.462 e. The molecule has 0 N–H and O–H groups in total. The van der Waals surface area contributed by atoms with E-state index in [4.69, 9.17) is 14.2 Å². The van der Waals surface area contributed by atoms with Crippen LogP contribution < -0.4 is 0 Å². The van der Waals surface area contributed by atoms with Gasteiger partial charge in [-0.2, -0.15) is 0 Å². The molecule has 0 bridgehead atoms. The van der Waals surface area contributed by atoms with E-state index >= 15 is 0 Å². The molecule has 0 saturated heterocycles. The standard InChI is InChI=1S/C57H108O6/c1-4-7-10-13-16-19-22-25-28-31-34-37-40-43-46-49-55(58)61-52-54(63-57(60)51-48-45-42-39-36-33-30-27-24-21-18-15-12-9-6-3)53-62-56(59)50-47-44-41-38-35-32-29-26-23-20-17-14-11-8-5-2/h46,49,54H,4-45,47-48,50-53H2,1-3H3. The van der Waals surface area contributed by atoms with Crippen LogP contribution in [0.1, 0.15) is 316 Å². The van der Waals surface area contributed by atoms with Gasteiger partial charge in [0.05, 0.1) is 0 Å². The summed E-state index contributed by atoms with van der Waals surface area (Å²) in [5, 5.41) is 0. The van der Waals surface area contributed by atoms with Crippen molar-refractivity contribution in [2.45, 2.75) is 322 Å². The molecule has 0 rings (SSSR count). The van der Waals surface area contributed by atoms with E-state index < -0.39 is 12.1 Å². The maximum atomic E-state index is 12.8. The van der Waals surface area contributed by atoms with E-state index in [9.17, 15) is 14.4 Å². The van der Waals surface area contributed by atoms with E-state index in [0.29, 0.717) is 12.8 Å². The summed E-state index contributed by atoms with van der Waals surface area (Å²) in [5.74, 6) is -1.04. The van der Waals surface area contributed by atoms with E-state index in [1.54, 1.807) is 0 Å². The molecular weight excluding hydrogens is 781 g/mol. The molecule has 1 atom stereocenters. The molecule has 0 fully saturated rings. The van der Waals surface area contributed by atoms with Gasteiger partial charge in [0.2, 0.25) is 0 Å². The van der Waals surface area contributed by atoms with Gasteiger partial charge in [0.1, 0.15) is 13.2 Å². The summed E-state index contributed by atoms with van der Waals surface area (Å²) in [4.78, 5) is 38.0. The van der Waals surface area contributed by atoms with Crippen LogP contribution in [0.2, 0.25) is 0 Å². The summed E-state index contributed by atoms with van der Waals surface area (Å²) in [6.07, 6.45) is 59.5. The van der Waals surface area contributed by atoms with Crippen LogP contribution >= 0.6 is 0 Å². The van der Waals surface area contributed by atoms with Gasteiger partial charge in [-0.3, -0.25) is 9.59 Å². The van der Waals surface area contributed by atoms with Gasteiger partial charge in [0, 0.05) is 18.9 Å². The van der Waals surface area contributed by atoms with Gasteiger partial charge in [0.15, 0.2) is 6.10 Å². The zero-order valence-corrected chi connectivity index (χ0v) is 42.6. The maximum Gasteiger partial charge on any atom is 0.330 e. The predicted octanol–water partition coefficient (Wildman–Crippen LogP) is 18.5. The molecular formula is C57H108O6. The highest BCUT2D eigenvalue weighted by Crippen LogP contribution is 2.17. The van der Waals surface area contributed by atoms with Crippen LogP contribution in [0.5, 0.6) is 0 Å². The fraction of sp³-hybridized carbons (Fsp3) is 0.912. The van der Waals surface area contributed by atoms with E-state index in [1.165, 1.54) is 237 Å². The van der Waals surface area contributed by atoms with Crippen LogP contribution in [0, 0.1) is 0 Å². The number of allylic oxidation sites excluding steroid dienone is 1. The molecule has 0 aliphatic rings. The highest BCUT2D eigenvalue weighted by atomic mass is 16.6. The molecule has 6 heteroatoms. The van der Waals surface area contributed by atoms with Gasteiger partial charge in [-0.1, -0.05) is 284 Å². The Morgan fingerprint density at radius 1 is 0.333 bits per heavy atom. The lowest BCUT2D eigenvalue weighted by atomic mass is 10.0. The maximum absolute atomic E-state index is 12.8. The number of esters is 3. The van der Waals surface area contributed by atoms with Crippen LogP contribution in [-0.4, -0.2) is 37.2 Å². The van der Waals surface area contributed by atoms with E-state index in [-0.39, 0.29) is 25.2 Å². The lowest BCUT2D eigenvalue weighted by Crippen LogP contribution is -2.30. The first-order valence-corrected chi connectivity index (χ1v) is 28.2. The molecule has 0 spiro atoms. The van der Waals surface area contributed by atoms with E-state index in [2.05, 4.69) is 20.8 Å². The number of rotatable bonds is 52. The first-order chi connectivity index (χ1) is 31.0. The molecule has 0 aromatic carbocycles. The van der Waals surface area contributed by atoms with Crippen molar-refractivity contribution in [1.29, 1.82) is 0 Å². The first kappa shape index (κ1) is 61.1. The minimum atomic E-state index is -0.794. The van der Waals surface area contributed by atoms with Gasteiger partial charge in [0.25, 0.3) is 0 Å². The monoisotopic (exact) mass is 889 g/mol. The average Bonchev–Trinajstić information content (AvgIpc) is 3.28. The Bertz CT molecular complexity index is 978. The van der Waals surface area contributed by atoms with Crippen LogP contribution in [-0.2, 0) is 28.6 Å². The third kappa shape index (κ3) is 51.0. The van der Waals surface area contributed by atoms with Gasteiger partial charge in [-0.05, 0) is 25.7 Å². The molecule has 0 radical (unpaired) electrons. The molecule has 63 heavy (non-hydrogen) atoms. The van der Waals surface area contributed by atoms with Crippen molar-refractivity contribution in [3.05, 3.63) is 12.2 Å². The summed E-state index contributed by atoms with van der Waals surface area (Å²) in [6, 6.07) is 0. The quantitative estimate of drug-likeness (QED) is 0.0262. The Balaban J connectivity index is 4.35. The van der Waals surface area contributed by atoms with Crippen molar-refractivity contribution >= 4 is 17.9 Å². The molecule has 0 aliphatic heterocycles. The molecule has 0 saturated carbocycles. The lowest BCUT2D eigenvalue weighted by Gasteiger charge is -2.18. The molecule has 0 amide bonds. The predicted molar refractivity (Wildman–Crippen MR) is 270 cm³/mol. The van der Waals surface area contributed by atoms with Gasteiger partial charge in [-0.25, -0.2) is 4.79 Å². The summed E-state index contributed by atoms with van der Waals surface area (Å²) in [5.41, 5.74) is 0. The molecule has 1 unspecified atom stereocenters. The molecule has 6 nitrogen and oxygen atoms in total. The second-order valence-corrected chi connectivity index (χ2v) is 19.3. The van der Waals surface area contributed by atoms with Crippen molar-refractivity contribution in [2.24, 2.45) is 0 Å². The van der Waals surface area contributed by atoms with Gasteiger partial charge in [-0.15, -0.1) is 0 Å². The topological polar surface area (TPSA) is 78.9 Å². The van der Waals surface area contributed by atoms with E-state index in [0.717, 1.165) is 51.4 Å². The fourth-order valence-corrected chi connectivity index (χ4v) is 8.58. The normalized spacial score (nSPS) is 12.0. The smallest absolute Gasteiger partial charge is 0.330 e. The zero-order valence-electron chi connectivity index (χ0n) is 42.6. The Morgan fingerprint density at radius 2 is 0.603 bits per heavy atom. The average molecular weight is 889 g/mol. The molecule has 0 aromatic heterocycles. The Kier molecular flexibility index (Phi) is 51.2. The number of hydrogen-bond acceptors (Lipinski definition) is 6. The van der Waals surface area contributed by atoms with Crippen molar-refractivity contribution in [3.8, 4) is 0 Å². The van der Waals surface area contributed by atoms with Crippen molar-refractivity contribution in [3.63, 3.8) is 0 Å². The van der Waals surface area contributed by atoms with Gasteiger partial charge < -0.3 is 14.2 Å². The largest absolute Gasteiger partial charge is 0.462 e. The molecule has 0 heterocycles. The van der Waals surface area contributed by atoms with Crippen LogP contribution in [0.25, 0.3) is 0 Å². The summed E-state index contributed by atoms with van der Waals surface area (Å²) >= 11 is 0. The number of ether oxygens (including phenoxy) is 3. The second-order valence-electron chi connectivity index (χ2n) is 19.3. The molecule has 0 aromatic rings. The fourth-order valence-electron chi connectivity index (χ4n) is 8.58. The summed E-state index contributed by atoms with van der Waals surface area (Å²) in [6.45, 7) is 6.62. The van der Waals surface area contributed by atoms with Gasteiger partial charge >= 0.3 is 17.9 Å². The number of carbonyl (C=O) groups excluding carboxylic acids is 3. The highest BCUT2D eigenvalue weighted by molar-refractivity contribution is 5.81. The first-order valence-electron chi connectivity index (χ1n) is 28.2.